The molecule has 0 radical (unpaired) electrons. The highest BCUT2D eigenvalue weighted by atomic mass is 31.2. The molecule has 6 atom stereocenters. The Bertz CT molecular complexity index is 1720. The summed E-state index contributed by atoms with van der Waals surface area (Å²) in [6.45, 7) is 3.98. The molecule has 2 aliphatic rings. The van der Waals surface area contributed by atoms with E-state index in [9.17, 15) is 24.2 Å². The highest BCUT2D eigenvalue weighted by Gasteiger charge is 2.62. The van der Waals surface area contributed by atoms with Crippen molar-refractivity contribution in [2.45, 2.75) is 76.4 Å². The molecular formula is C32H38N5O10P. The molecule has 0 spiro atoms. The summed E-state index contributed by atoms with van der Waals surface area (Å²) in [5.41, 5.74) is 5.17. The number of para-hydroxylation sites is 1. The van der Waals surface area contributed by atoms with Gasteiger partial charge in [0, 0.05) is 19.0 Å². The van der Waals surface area contributed by atoms with E-state index >= 15 is 0 Å². The minimum atomic E-state index is -4.50. The van der Waals surface area contributed by atoms with Gasteiger partial charge in [0.15, 0.2) is 12.2 Å². The molecule has 0 unspecified atom stereocenters. The maximum atomic E-state index is 14.3. The fourth-order valence-electron chi connectivity index (χ4n) is 5.06. The van der Waals surface area contributed by atoms with Crippen molar-refractivity contribution in [3.8, 4) is 11.8 Å². The first-order valence-electron chi connectivity index (χ1n) is 15.6. The Balaban J connectivity index is 1.50. The van der Waals surface area contributed by atoms with Gasteiger partial charge in [0.1, 0.15) is 30.6 Å². The number of ether oxygens (including phenoxy) is 4. The normalized spacial score (nSPS) is 23.8. The van der Waals surface area contributed by atoms with Crippen LogP contribution in [-0.4, -0.2) is 64.6 Å². The summed E-state index contributed by atoms with van der Waals surface area (Å²) < 4.78 is 50.6. The lowest BCUT2D eigenvalue weighted by Crippen LogP contribution is -2.49. The van der Waals surface area contributed by atoms with Crippen molar-refractivity contribution < 1.29 is 46.9 Å². The third-order valence-electron chi connectivity index (χ3n) is 7.88. The molecule has 5 rings (SSSR count). The fraction of sp³-hybridized carbons (Fsp3) is 0.469. The third-order valence-corrected chi connectivity index (χ3v) is 9.50. The number of benzene rings is 1. The SMILES string of the molecule is CCC(=O)O[C@H]1[C@H](c2ccc3c(N)ccnn23)O[C@](C#N)(CO[P@](=O)(N[C@@H](C)C(=O)OCC2CC2)Oc2ccccc2)[C@H]1OC(=O)CC. The van der Waals surface area contributed by atoms with Gasteiger partial charge in [0.05, 0.1) is 23.5 Å². The van der Waals surface area contributed by atoms with E-state index in [-0.39, 0.29) is 25.2 Å². The van der Waals surface area contributed by atoms with Crippen LogP contribution in [0.1, 0.15) is 58.3 Å². The second-order valence-electron chi connectivity index (χ2n) is 11.6. The second kappa shape index (κ2) is 14.7. The zero-order valence-corrected chi connectivity index (χ0v) is 27.7. The van der Waals surface area contributed by atoms with Crippen LogP contribution in [0.4, 0.5) is 5.69 Å². The van der Waals surface area contributed by atoms with Gasteiger partial charge in [-0.25, -0.2) is 9.08 Å². The van der Waals surface area contributed by atoms with Crippen molar-refractivity contribution in [1.82, 2.24) is 14.7 Å². The fourth-order valence-corrected chi connectivity index (χ4v) is 6.58. The maximum Gasteiger partial charge on any atom is 0.459 e. The Morgan fingerprint density at radius 1 is 1.12 bits per heavy atom. The second-order valence-corrected chi connectivity index (χ2v) is 13.2. The van der Waals surface area contributed by atoms with Crippen LogP contribution in [0, 0.1) is 17.2 Å². The van der Waals surface area contributed by atoms with Gasteiger partial charge in [-0.05, 0) is 56.0 Å². The molecule has 1 aliphatic heterocycles. The molecule has 1 saturated heterocycles. The lowest BCUT2D eigenvalue weighted by Gasteiger charge is -2.30. The molecule has 3 heterocycles. The Hall–Kier alpha value is -4.48. The third kappa shape index (κ3) is 7.79. The zero-order chi connectivity index (χ0) is 34.5. The minimum absolute atomic E-state index is 0.0351. The molecule has 16 heteroatoms. The molecule has 15 nitrogen and oxygen atoms in total. The smallest absolute Gasteiger partial charge is 0.459 e. The Morgan fingerprint density at radius 3 is 2.50 bits per heavy atom. The Labute approximate surface area is 277 Å². The van der Waals surface area contributed by atoms with Crippen LogP contribution in [0.2, 0.25) is 0 Å². The van der Waals surface area contributed by atoms with Crippen molar-refractivity contribution in [2.75, 3.05) is 18.9 Å². The first-order valence-corrected chi connectivity index (χ1v) is 17.2. The van der Waals surface area contributed by atoms with Crippen LogP contribution in [0.5, 0.6) is 5.75 Å². The number of aromatic nitrogens is 2. The number of fused-ring (bicyclic) bond motifs is 1. The minimum Gasteiger partial charge on any atom is -0.464 e. The quantitative estimate of drug-likeness (QED) is 0.132. The molecule has 1 aliphatic carbocycles. The van der Waals surface area contributed by atoms with Gasteiger partial charge in [-0.15, -0.1) is 0 Å². The summed E-state index contributed by atoms with van der Waals surface area (Å²) in [4.78, 5) is 38.2. The molecular weight excluding hydrogens is 645 g/mol. The number of esters is 3. The summed E-state index contributed by atoms with van der Waals surface area (Å²) in [7, 11) is -4.50. The number of hydrogen-bond acceptors (Lipinski definition) is 13. The lowest BCUT2D eigenvalue weighted by atomic mass is 9.95. The monoisotopic (exact) mass is 683 g/mol. The van der Waals surface area contributed by atoms with Gasteiger partial charge in [0.25, 0.3) is 0 Å². The molecule has 3 aromatic rings. The molecule has 2 fully saturated rings. The molecule has 3 N–H and O–H groups in total. The van der Waals surface area contributed by atoms with Gasteiger partial charge in [0.2, 0.25) is 5.60 Å². The number of nitrogens with two attached hydrogens (primary N) is 1. The molecule has 1 saturated carbocycles. The summed E-state index contributed by atoms with van der Waals surface area (Å²) in [5, 5.41) is 17.6. The number of nitrogens with zero attached hydrogens (tertiary/aromatic N) is 3. The molecule has 0 amide bonds. The van der Waals surface area contributed by atoms with Crippen molar-refractivity contribution in [3.63, 3.8) is 0 Å². The lowest BCUT2D eigenvalue weighted by molar-refractivity contribution is -0.169. The highest BCUT2D eigenvalue weighted by Crippen LogP contribution is 2.50. The van der Waals surface area contributed by atoms with Gasteiger partial charge >= 0.3 is 25.7 Å². The standard InChI is InChI=1S/C32H38N5O10P/c1-4-26(38)44-29-28(25-14-13-24-23(34)15-16-35-37(24)25)46-32(18-33,30(29)45-27(39)5-2)19-43-48(41,47-22-9-7-6-8-10-22)36-20(3)31(40)42-17-21-11-12-21/h6-10,13-16,20-21,28-30H,4-5,11-12,17,19,34H2,1-3H3,(H,36,41)/t20-,28-,29-,30-,32+,48+/m0/s1. The number of anilines is 1. The number of carbonyl (C=O) groups excluding carboxylic acids is 3. The van der Waals surface area contributed by atoms with E-state index in [0.717, 1.165) is 12.8 Å². The van der Waals surface area contributed by atoms with Crippen LogP contribution in [0.3, 0.4) is 0 Å². The van der Waals surface area contributed by atoms with Gasteiger partial charge in [-0.1, -0.05) is 32.0 Å². The first kappa shape index (κ1) is 34.8. The van der Waals surface area contributed by atoms with Gasteiger partial charge in [-0.2, -0.15) is 15.4 Å². The number of rotatable bonds is 15. The molecule has 1 aromatic carbocycles. The number of carbonyl (C=O) groups is 3. The van der Waals surface area contributed by atoms with E-state index in [1.165, 1.54) is 29.8 Å². The topological polar surface area (TPSA) is 203 Å². The largest absolute Gasteiger partial charge is 0.464 e. The summed E-state index contributed by atoms with van der Waals surface area (Å²) >= 11 is 0. The molecule has 2 aromatic heterocycles. The molecule has 256 valence electrons. The van der Waals surface area contributed by atoms with Crippen LogP contribution in [-0.2, 0) is 42.4 Å². The van der Waals surface area contributed by atoms with Crippen LogP contribution < -0.4 is 15.3 Å². The number of nitrogens with one attached hydrogen (secondary N) is 1. The predicted molar refractivity (Wildman–Crippen MR) is 169 cm³/mol. The predicted octanol–water partition coefficient (Wildman–Crippen LogP) is 4.03. The average molecular weight is 684 g/mol. The van der Waals surface area contributed by atoms with Gasteiger partial charge in [-0.3, -0.25) is 18.9 Å². The highest BCUT2D eigenvalue weighted by molar-refractivity contribution is 7.52. The average Bonchev–Trinajstić information content (AvgIpc) is 3.74. The number of nitrogen functional groups attached to an aromatic ring is 1. The summed E-state index contributed by atoms with van der Waals surface area (Å²) in [5.74, 6) is -1.63. The Morgan fingerprint density at radius 2 is 1.83 bits per heavy atom. The summed E-state index contributed by atoms with van der Waals surface area (Å²) in [6, 6.07) is 13.8. The van der Waals surface area contributed by atoms with E-state index in [2.05, 4.69) is 10.2 Å². The van der Waals surface area contributed by atoms with Crippen molar-refractivity contribution >= 4 is 36.9 Å². The molecule has 48 heavy (non-hydrogen) atoms. The van der Waals surface area contributed by atoms with Crippen LogP contribution in [0.15, 0.2) is 54.7 Å². The van der Waals surface area contributed by atoms with E-state index in [0.29, 0.717) is 22.8 Å². The number of nitriles is 1. The van der Waals surface area contributed by atoms with E-state index in [1.54, 1.807) is 50.2 Å². The van der Waals surface area contributed by atoms with Gasteiger partial charge < -0.3 is 29.2 Å². The van der Waals surface area contributed by atoms with E-state index in [4.69, 9.17) is 33.7 Å². The Kier molecular flexibility index (Phi) is 10.7. The van der Waals surface area contributed by atoms with Crippen molar-refractivity contribution in [3.05, 3.63) is 60.4 Å². The first-order chi connectivity index (χ1) is 23.0. The zero-order valence-electron chi connectivity index (χ0n) is 26.8. The van der Waals surface area contributed by atoms with E-state index < -0.39 is 62.2 Å². The maximum absolute atomic E-state index is 14.3. The van der Waals surface area contributed by atoms with Crippen LogP contribution >= 0.6 is 7.75 Å². The molecule has 0 bridgehead atoms. The van der Waals surface area contributed by atoms with Crippen LogP contribution in [0.25, 0.3) is 5.52 Å². The van der Waals surface area contributed by atoms with Crippen molar-refractivity contribution in [1.29, 1.82) is 5.26 Å². The van der Waals surface area contributed by atoms with E-state index in [1.807, 2.05) is 6.07 Å². The number of hydrogen-bond donors (Lipinski definition) is 2. The summed E-state index contributed by atoms with van der Waals surface area (Å²) in [6.07, 6.45) is -0.882. The van der Waals surface area contributed by atoms with Crippen molar-refractivity contribution in [2.24, 2.45) is 5.92 Å².